The highest BCUT2D eigenvalue weighted by molar-refractivity contribution is 5.75. The van der Waals surface area contributed by atoms with Crippen molar-refractivity contribution in [2.75, 3.05) is 14.2 Å². The van der Waals surface area contributed by atoms with E-state index < -0.39 is 11.6 Å². The Morgan fingerprint density at radius 3 is 2.45 bits per heavy atom. The molecule has 0 spiro atoms. The highest BCUT2D eigenvalue weighted by atomic mass is 19.2. The van der Waals surface area contributed by atoms with Gasteiger partial charge in [0.1, 0.15) is 5.82 Å². The third-order valence-corrected chi connectivity index (χ3v) is 3.39. The topological polar surface area (TPSA) is 47.1 Å². The average Bonchev–Trinajstić information content (AvgIpc) is 2.88. The maximum absolute atomic E-state index is 13.2. The molecule has 0 amide bonds. The molecule has 0 unspecified atom stereocenters. The number of H-pyrrole nitrogens is 1. The van der Waals surface area contributed by atoms with Crippen LogP contribution < -0.4 is 9.47 Å². The summed E-state index contributed by atoms with van der Waals surface area (Å²) in [7, 11) is 3.13. The van der Waals surface area contributed by atoms with Crippen LogP contribution in [0.5, 0.6) is 11.5 Å². The predicted octanol–water partition coefficient (Wildman–Crippen LogP) is 3.45. The Kier molecular flexibility index (Phi) is 3.66. The summed E-state index contributed by atoms with van der Waals surface area (Å²) in [6.07, 6.45) is 0.484. The number of rotatable bonds is 4. The average molecular weight is 304 g/mol. The number of fused-ring (bicyclic) bond motifs is 1. The first-order valence-electron chi connectivity index (χ1n) is 6.65. The first kappa shape index (κ1) is 14.3. The van der Waals surface area contributed by atoms with Crippen LogP contribution in [0.1, 0.15) is 11.4 Å². The summed E-state index contributed by atoms with van der Waals surface area (Å²) in [5, 5.41) is 0. The minimum absolute atomic E-state index is 0.398. The minimum Gasteiger partial charge on any atom is -0.493 e. The molecule has 0 aliphatic heterocycles. The Morgan fingerprint density at radius 2 is 1.73 bits per heavy atom. The Bertz CT molecular complexity index is 791. The molecule has 3 aromatic rings. The van der Waals surface area contributed by atoms with E-state index in [1.54, 1.807) is 20.3 Å². The third-order valence-electron chi connectivity index (χ3n) is 3.39. The van der Waals surface area contributed by atoms with Crippen LogP contribution in [0, 0.1) is 11.6 Å². The van der Waals surface area contributed by atoms with Crippen molar-refractivity contribution < 1.29 is 18.3 Å². The number of nitrogens with one attached hydrogen (secondary N) is 1. The van der Waals surface area contributed by atoms with Gasteiger partial charge in [0.2, 0.25) is 0 Å². The molecule has 2 aromatic carbocycles. The quantitative estimate of drug-likeness (QED) is 0.803. The van der Waals surface area contributed by atoms with Crippen LogP contribution in [0.25, 0.3) is 11.0 Å². The predicted molar refractivity (Wildman–Crippen MR) is 78.4 cm³/mol. The van der Waals surface area contributed by atoms with Gasteiger partial charge in [-0.3, -0.25) is 0 Å². The molecule has 0 aliphatic rings. The van der Waals surface area contributed by atoms with Gasteiger partial charge in [0.15, 0.2) is 23.1 Å². The lowest BCUT2D eigenvalue weighted by Gasteiger charge is -2.08. The van der Waals surface area contributed by atoms with E-state index in [2.05, 4.69) is 9.97 Å². The van der Waals surface area contributed by atoms with Crippen LogP contribution in [0.4, 0.5) is 8.78 Å². The van der Waals surface area contributed by atoms with Gasteiger partial charge in [-0.25, -0.2) is 13.8 Å². The number of aromatic nitrogens is 2. The molecule has 0 radical (unpaired) electrons. The van der Waals surface area contributed by atoms with Gasteiger partial charge in [-0.05, 0) is 17.7 Å². The molecule has 0 aliphatic carbocycles. The van der Waals surface area contributed by atoms with E-state index in [9.17, 15) is 8.78 Å². The molecule has 0 saturated heterocycles. The summed E-state index contributed by atoms with van der Waals surface area (Å²) in [6, 6.07) is 7.72. The first-order valence-corrected chi connectivity index (χ1v) is 6.65. The Labute approximate surface area is 125 Å². The van der Waals surface area contributed by atoms with E-state index in [0.717, 1.165) is 17.7 Å². The number of hydrogen-bond acceptors (Lipinski definition) is 3. The van der Waals surface area contributed by atoms with E-state index in [1.165, 1.54) is 0 Å². The van der Waals surface area contributed by atoms with Crippen LogP contribution >= 0.6 is 0 Å². The van der Waals surface area contributed by atoms with Gasteiger partial charge in [0.25, 0.3) is 0 Å². The molecule has 114 valence electrons. The number of halogens is 2. The van der Waals surface area contributed by atoms with Crippen molar-refractivity contribution in [2.45, 2.75) is 6.42 Å². The van der Waals surface area contributed by atoms with Gasteiger partial charge < -0.3 is 14.5 Å². The molecule has 0 atom stereocenters. The molecule has 3 rings (SSSR count). The lowest BCUT2D eigenvalue weighted by atomic mass is 10.1. The van der Waals surface area contributed by atoms with Crippen molar-refractivity contribution in [3.8, 4) is 11.5 Å². The lowest BCUT2D eigenvalue weighted by molar-refractivity contribution is 0.354. The smallest absolute Gasteiger partial charge is 0.161 e. The van der Waals surface area contributed by atoms with Crippen molar-refractivity contribution in [3.63, 3.8) is 0 Å². The molecule has 0 saturated carbocycles. The molecule has 1 aromatic heterocycles. The zero-order valence-electron chi connectivity index (χ0n) is 12.1. The van der Waals surface area contributed by atoms with Crippen LogP contribution in [0.3, 0.4) is 0 Å². The van der Waals surface area contributed by atoms with Gasteiger partial charge in [-0.15, -0.1) is 0 Å². The molecular weight excluding hydrogens is 290 g/mol. The van der Waals surface area contributed by atoms with Crippen LogP contribution in [0.2, 0.25) is 0 Å². The molecule has 4 nitrogen and oxygen atoms in total. The molecule has 0 bridgehead atoms. The normalized spacial score (nSPS) is 10.9. The van der Waals surface area contributed by atoms with Crippen molar-refractivity contribution in [1.29, 1.82) is 0 Å². The third kappa shape index (κ3) is 2.59. The standard InChI is InChI=1S/C16H14F2N2O2/c1-21-14-4-3-9(5-15(14)22-2)6-16-19-12-7-10(17)11(18)8-13(12)20-16/h3-5,7-8H,6H2,1-2H3,(H,19,20). The first-order chi connectivity index (χ1) is 10.6. The zero-order valence-corrected chi connectivity index (χ0v) is 12.1. The number of aromatic amines is 1. The van der Waals surface area contributed by atoms with Gasteiger partial charge in [0.05, 0.1) is 25.3 Å². The van der Waals surface area contributed by atoms with Crippen LogP contribution in [0.15, 0.2) is 30.3 Å². The van der Waals surface area contributed by atoms with Crippen LogP contribution in [-0.4, -0.2) is 24.2 Å². The fraction of sp³-hybridized carbons (Fsp3) is 0.188. The summed E-state index contributed by atoms with van der Waals surface area (Å²) in [5.41, 5.74) is 1.81. The second-order valence-corrected chi connectivity index (χ2v) is 4.83. The summed E-state index contributed by atoms with van der Waals surface area (Å²) in [5.74, 6) is 0.0749. The van der Waals surface area contributed by atoms with Gasteiger partial charge in [-0.1, -0.05) is 6.07 Å². The van der Waals surface area contributed by atoms with E-state index in [1.807, 2.05) is 12.1 Å². The number of benzene rings is 2. The maximum Gasteiger partial charge on any atom is 0.161 e. The second kappa shape index (κ2) is 5.63. The number of nitrogens with zero attached hydrogens (tertiary/aromatic N) is 1. The van der Waals surface area contributed by atoms with Crippen molar-refractivity contribution in [3.05, 3.63) is 53.4 Å². The number of hydrogen-bond donors (Lipinski definition) is 1. The van der Waals surface area contributed by atoms with Crippen LogP contribution in [-0.2, 0) is 6.42 Å². The number of imidazole rings is 1. The Hall–Kier alpha value is -2.63. The molecular formula is C16H14F2N2O2. The van der Waals surface area contributed by atoms with Gasteiger partial charge in [-0.2, -0.15) is 0 Å². The maximum atomic E-state index is 13.2. The highest BCUT2D eigenvalue weighted by Crippen LogP contribution is 2.28. The molecule has 22 heavy (non-hydrogen) atoms. The van der Waals surface area contributed by atoms with Gasteiger partial charge >= 0.3 is 0 Å². The minimum atomic E-state index is -0.906. The molecule has 1 N–H and O–H groups in total. The second-order valence-electron chi connectivity index (χ2n) is 4.83. The lowest BCUT2D eigenvalue weighted by Crippen LogP contribution is -1.94. The monoisotopic (exact) mass is 304 g/mol. The SMILES string of the molecule is COc1ccc(Cc2nc3cc(F)c(F)cc3[nH]2)cc1OC. The van der Waals surface area contributed by atoms with Crippen molar-refractivity contribution >= 4 is 11.0 Å². The van der Waals surface area contributed by atoms with E-state index >= 15 is 0 Å². The van der Waals surface area contributed by atoms with E-state index in [-0.39, 0.29) is 0 Å². The molecule has 1 heterocycles. The fourth-order valence-electron chi connectivity index (χ4n) is 2.33. The zero-order chi connectivity index (χ0) is 15.7. The fourth-order valence-corrected chi connectivity index (χ4v) is 2.33. The number of methoxy groups -OCH3 is 2. The largest absolute Gasteiger partial charge is 0.493 e. The summed E-state index contributed by atoms with van der Waals surface area (Å²) < 4.78 is 36.9. The van der Waals surface area contributed by atoms with E-state index in [4.69, 9.17) is 9.47 Å². The van der Waals surface area contributed by atoms with E-state index in [0.29, 0.717) is 34.8 Å². The number of ether oxygens (including phenoxy) is 2. The molecule has 6 heteroatoms. The summed E-state index contributed by atoms with van der Waals surface area (Å²) >= 11 is 0. The van der Waals surface area contributed by atoms with Crippen molar-refractivity contribution in [1.82, 2.24) is 9.97 Å². The summed E-state index contributed by atoms with van der Waals surface area (Å²) in [6.45, 7) is 0. The Morgan fingerprint density at radius 1 is 1.00 bits per heavy atom. The van der Waals surface area contributed by atoms with Crippen molar-refractivity contribution in [2.24, 2.45) is 0 Å². The highest BCUT2D eigenvalue weighted by Gasteiger charge is 2.10. The Balaban J connectivity index is 1.92. The molecule has 0 fully saturated rings. The summed E-state index contributed by atoms with van der Waals surface area (Å²) in [4.78, 5) is 7.26. The van der Waals surface area contributed by atoms with Gasteiger partial charge in [0, 0.05) is 18.6 Å².